The first-order valence-corrected chi connectivity index (χ1v) is 18.3. The normalized spacial score (nSPS) is 37.1. The average Bonchev–Trinajstić information content (AvgIpc) is 3.70. The van der Waals surface area contributed by atoms with Gasteiger partial charge in [0.2, 0.25) is 5.95 Å². The summed E-state index contributed by atoms with van der Waals surface area (Å²) in [6.45, 7) is -9.67. The number of rotatable bonds is 2. The van der Waals surface area contributed by atoms with Crippen LogP contribution in [0.2, 0.25) is 0 Å². The van der Waals surface area contributed by atoms with Crippen molar-refractivity contribution in [2.24, 2.45) is 0 Å². The molecule has 10 N–H and O–H groups in total. The van der Waals surface area contributed by atoms with Gasteiger partial charge in [-0.3, -0.25) is 23.4 Å². The number of hydrogen-bond donors (Lipinski definition) is 8. The second-order valence-electron chi connectivity index (χ2n) is 10.3. The lowest BCUT2D eigenvalue weighted by Crippen LogP contribution is -2.39. The second kappa shape index (κ2) is 11.4. The Balaban J connectivity index is 1.18. The first-order valence-electron chi connectivity index (χ1n) is 13.1. The lowest BCUT2D eigenvalue weighted by Gasteiger charge is -2.30. The molecular weight excluding hydrogens is 698 g/mol. The van der Waals surface area contributed by atoms with Gasteiger partial charge in [0.1, 0.15) is 48.5 Å². The highest BCUT2D eigenvalue weighted by molar-refractivity contribution is 8.07. The van der Waals surface area contributed by atoms with Crippen LogP contribution in [0.15, 0.2) is 22.2 Å². The van der Waals surface area contributed by atoms with E-state index in [1.165, 1.54) is 10.9 Å². The largest absolute Gasteiger partial charge is 0.386 e. The van der Waals surface area contributed by atoms with E-state index in [-0.39, 0.29) is 34.1 Å². The number of aliphatic hydroxyl groups is 2. The van der Waals surface area contributed by atoms with Crippen molar-refractivity contribution in [2.75, 3.05) is 24.7 Å². The minimum atomic E-state index is -4.24. The molecule has 0 radical (unpaired) electrons. The van der Waals surface area contributed by atoms with Gasteiger partial charge < -0.3 is 55.0 Å². The first kappa shape index (κ1) is 31.8. The van der Waals surface area contributed by atoms with Gasteiger partial charge in [-0.15, -0.1) is 0 Å². The number of aromatic amines is 2. The van der Waals surface area contributed by atoms with Crippen LogP contribution >= 0.6 is 13.4 Å². The number of nitrogens with two attached hydrogens (primary N) is 2. The zero-order valence-electron chi connectivity index (χ0n) is 22.8. The van der Waals surface area contributed by atoms with Gasteiger partial charge in [-0.25, -0.2) is 24.3 Å². The van der Waals surface area contributed by atoms with Crippen LogP contribution in [0.4, 0.5) is 11.8 Å². The summed E-state index contributed by atoms with van der Waals surface area (Å²) in [7, 11) is 0. The molecule has 0 aromatic carbocycles. The number of hydrogen-bond acceptors (Lipinski definition) is 18. The highest BCUT2D eigenvalue weighted by Crippen LogP contribution is 2.54. The summed E-state index contributed by atoms with van der Waals surface area (Å²) in [5, 5.41) is 22.5. The number of fused-ring (bicyclic) bond motifs is 4. The van der Waals surface area contributed by atoms with E-state index in [0.29, 0.717) is 0 Å². The van der Waals surface area contributed by atoms with Gasteiger partial charge in [-0.1, -0.05) is 0 Å². The van der Waals surface area contributed by atoms with Crippen LogP contribution in [0.1, 0.15) is 12.5 Å². The molecule has 26 heteroatoms. The SMILES string of the molecule is Nc1nc2c(ncn2[C@@H]2O[C@@H]3COP(O)(=S)O[C@H]4[C@@H](O)[C@H](n5c(=O)[nH]c6c(N)ncnc65)O[C@@H]4COP(O)(=S)O[C@H]3[C@H]2O)c(=O)[nH]1. The zero-order valence-corrected chi connectivity index (χ0v) is 26.2. The third-order valence-electron chi connectivity index (χ3n) is 7.45. The van der Waals surface area contributed by atoms with Crippen LogP contribution in [-0.2, 0) is 51.2 Å². The third-order valence-corrected chi connectivity index (χ3v) is 10.6. The van der Waals surface area contributed by atoms with Crippen molar-refractivity contribution in [1.82, 2.24) is 39.0 Å². The molecule has 3 aliphatic heterocycles. The van der Waals surface area contributed by atoms with Crippen LogP contribution in [0.3, 0.4) is 0 Å². The monoisotopic (exact) mass is 722 g/mol. The fourth-order valence-electron chi connectivity index (χ4n) is 5.44. The van der Waals surface area contributed by atoms with Crippen LogP contribution < -0.4 is 22.7 Å². The van der Waals surface area contributed by atoms with Gasteiger partial charge in [0.25, 0.3) is 5.56 Å². The maximum Gasteiger partial charge on any atom is 0.330 e. The molecule has 248 valence electrons. The van der Waals surface area contributed by atoms with E-state index in [4.69, 9.17) is 62.6 Å². The minimum absolute atomic E-state index is 0.00301. The molecule has 10 atom stereocenters. The predicted molar refractivity (Wildman–Crippen MR) is 160 cm³/mol. The molecule has 0 saturated carbocycles. The summed E-state index contributed by atoms with van der Waals surface area (Å²) < 4.78 is 36.4. The summed E-state index contributed by atoms with van der Waals surface area (Å²) in [5.41, 5.74) is 10.1. The Morgan fingerprint density at radius 1 is 0.891 bits per heavy atom. The molecule has 3 fully saturated rings. The smallest absolute Gasteiger partial charge is 0.330 e. The maximum atomic E-state index is 12.8. The molecule has 0 spiro atoms. The maximum absolute atomic E-state index is 12.8. The molecule has 0 aliphatic carbocycles. The Hall–Kier alpha value is -2.80. The predicted octanol–water partition coefficient (Wildman–Crippen LogP) is -2.82. The quantitative estimate of drug-likeness (QED) is 0.0968. The summed E-state index contributed by atoms with van der Waals surface area (Å²) >= 11 is 10.4. The lowest BCUT2D eigenvalue weighted by molar-refractivity contribution is -0.0598. The van der Waals surface area contributed by atoms with E-state index in [2.05, 4.69) is 29.9 Å². The number of ether oxygens (including phenoxy) is 2. The molecule has 3 aliphatic rings. The minimum Gasteiger partial charge on any atom is -0.386 e. The fraction of sp³-hybridized carbons (Fsp3) is 0.500. The number of anilines is 2. The van der Waals surface area contributed by atoms with Gasteiger partial charge in [0.05, 0.1) is 19.5 Å². The van der Waals surface area contributed by atoms with Crippen molar-refractivity contribution in [3.63, 3.8) is 0 Å². The standard InChI is InChI=1S/C20H24N10O12P2S2/c21-13-7-14(24-3-23-13)30(20(34)26-7)18-10(32)12-6(40-18)2-38-43(35,45)41-11-5(1-37-44(36,46)42-12)39-17(9(11)31)29-4-25-8-15(29)27-19(22)28-16(8)33/h3-6,9-12,17-18,31-32H,1-2H2,(H,26,34)(H,35,45)(H,36,46)(H2,21,23,24)(H3,22,27,28,33)/t5-,6-,9-,10-,11-,12-,17-,18-,43?,44?/m1/s1. The number of aliphatic hydroxyl groups excluding tert-OH is 2. The number of H-pyrrole nitrogens is 2. The molecular formula is C20H24N10O12P2S2. The Morgan fingerprint density at radius 3 is 2.15 bits per heavy atom. The summed E-state index contributed by atoms with van der Waals surface area (Å²) in [6.07, 6.45) is -9.32. The number of nitrogens with one attached hydrogen (secondary N) is 2. The Morgan fingerprint density at radius 2 is 1.50 bits per heavy atom. The number of imidazole rings is 2. The van der Waals surface area contributed by atoms with Gasteiger partial charge in [-0.05, 0) is 23.6 Å². The third kappa shape index (κ3) is 5.48. The van der Waals surface area contributed by atoms with Crippen molar-refractivity contribution in [1.29, 1.82) is 0 Å². The fourth-order valence-corrected chi connectivity index (χ4v) is 8.33. The van der Waals surface area contributed by atoms with Crippen molar-refractivity contribution in [3.05, 3.63) is 33.5 Å². The van der Waals surface area contributed by atoms with Crippen molar-refractivity contribution in [2.45, 2.75) is 49.1 Å². The van der Waals surface area contributed by atoms with Crippen LogP contribution in [0.5, 0.6) is 0 Å². The van der Waals surface area contributed by atoms with E-state index in [0.717, 1.165) is 10.9 Å². The van der Waals surface area contributed by atoms with Crippen LogP contribution in [0.25, 0.3) is 22.3 Å². The summed E-state index contributed by atoms with van der Waals surface area (Å²) in [4.78, 5) is 67.8. The summed E-state index contributed by atoms with van der Waals surface area (Å²) in [6, 6.07) is 0. The van der Waals surface area contributed by atoms with Gasteiger partial charge >= 0.3 is 19.1 Å². The number of nitrogens with zero attached hydrogens (tertiary/aromatic N) is 6. The summed E-state index contributed by atoms with van der Waals surface area (Å²) in [5.74, 6) is -0.261. The highest BCUT2D eigenvalue weighted by atomic mass is 32.5. The molecule has 0 bridgehead atoms. The van der Waals surface area contributed by atoms with Crippen molar-refractivity contribution < 1.29 is 47.6 Å². The van der Waals surface area contributed by atoms with Crippen LogP contribution in [-0.4, -0.2) is 109 Å². The van der Waals surface area contributed by atoms with E-state index in [1.807, 2.05) is 0 Å². The van der Waals surface area contributed by atoms with E-state index >= 15 is 0 Å². The van der Waals surface area contributed by atoms with Gasteiger partial charge in [-0.2, -0.15) is 4.98 Å². The Bertz CT molecular complexity index is 2060. The molecule has 4 aromatic rings. The average molecular weight is 723 g/mol. The number of nitrogen functional groups attached to an aromatic ring is 2. The molecule has 3 saturated heterocycles. The second-order valence-corrected chi connectivity index (χ2v) is 15.9. The zero-order chi connectivity index (χ0) is 32.7. The first-order chi connectivity index (χ1) is 21.7. The number of aromatic nitrogens is 8. The molecule has 7 rings (SSSR count). The Labute approximate surface area is 264 Å². The Kier molecular flexibility index (Phi) is 7.89. The molecule has 0 amide bonds. The van der Waals surface area contributed by atoms with E-state index < -0.39 is 87.0 Å². The molecule has 22 nitrogen and oxygen atoms in total. The highest BCUT2D eigenvalue weighted by Gasteiger charge is 2.52. The topological polar surface area (TPSA) is 315 Å². The van der Waals surface area contributed by atoms with Gasteiger partial charge in [0, 0.05) is 0 Å². The van der Waals surface area contributed by atoms with E-state index in [1.54, 1.807) is 0 Å². The van der Waals surface area contributed by atoms with Crippen molar-refractivity contribution in [3.8, 4) is 0 Å². The molecule has 7 heterocycles. The van der Waals surface area contributed by atoms with Crippen LogP contribution in [0, 0.1) is 0 Å². The molecule has 4 aromatic heterocycles. The van der Waals surface area contributed by atoms with E-state index in [9.17, 15) is 29.6 Å². The van der Waals surface area contributed by atoms with Gasteiger partial charge in [0.15, 0.2) is 35.1 Å². The lowest BCUT2D eigenvalue weighted by atomic mass is 10.1. The molecule has 46 heavy (non-hydrogen) atoms. The molecule has 2 unspecified atom stereocenters. The van der Waals surface area contributed by atoms with Crippen molar-refractivity contribution >= 4 is 71.1 Å².